The number of fused-ring (bicyclic) bond motifs is 1. The molecular formula is C21H17N3O4. The molecule has 0 spiro atoms. The van der Waals surface area contributed by atoms with E-state index < -0.39 is 11.5 Å². The highest BCUT2D eigenvalue weighted by molar-refractivity contribution is 6.12. The molecule has 2 heterocycles. The average molecular weight is 375 g/mol. The van der Waals surface area contributed by atoms with E-state index in [1.54, 1.807) is 41.2 Å². The number of benzene rings is 2. The number of nitrogens with one attached hydrogen (secondary N) is 1. The second-order valence-electron chi connectivity index (χ2n) is 6.02. The van der Waals surface area contributed by atoms with Gasteiger partial charge in [-0.25, -0.2) is 9.48 Å². The highest BCUT2D eigenvalue weighted by atomic mass is 16.5. The maximum Gasteiger partial charge on any atom is 0.337 e. The first-order valence-electron chi connectivity index (χ1n) is 8.76. The number of carbonyl (C=O) groups excluding carboxylic acids is 1. The van der Waals surface area contributed by atoms with Gasteiger partial charge in [0.15, 0.2) is 0 Å². The van der Waals surface area contributed by atoms with Crippen LogP contribution < -0.4 is 15.7 Å². The van der Waals surface area contributed by atoms with Gasteiger partial charge in [-0.05, 0) is 49.4 Å². The maximum absolute atomic E-state index is 12.8. The summed E-state index contributed by atoms with van der Waals surface area (Å²) in [4.78, 5) is 24.7. The van der Waals surface area contributed by atoms with Gasteiger partial charge >= 0.3 is 5.63 Å². The molecule has 1 amide bonds. The molecule has 4 rings (SSSR count). The van der Waals surface area contributed by atoms with Crippen molar-refractivity contribution in [3.8, 4) is 11.4 Å². The van der Waals surface area contributed by atoms with Gasteiger partial charge in [0.1, 0.15) is 11.3 Å². The molecule has 0 unspecified atom stereocenters. The van der Waals surface area contributed by atoms with Crippen molar-refractivity contribution in [1.29, 1.82) is 0 Å². The van der Waals surface area contributed by atoms with Gasteiger partial charge in [0, 0.05) is 35.6 Å². The van der Waals surface area contributed by atoms with Crippen molar-refractivity contribution in [3.63, 3.8) is 0 Å². The van der Waals surface area contributed by atoms with Crippen LogP contribution in [-0.2, 0) is 0 Å². The van der Waals surface area contributed by atoms with Gasteiger partial charge in [0.05, 0.1) is 17.9 Å². The number of ether oxygens (including phenoxy) is 1. The lowest BCUT2D eigenvalue weighted by molar-refractivity contribution is 0.102. The molecule has 0 aliphatic carbocycles. The molecule has 0 saturated carbocycles. The van der Waals surface area contributed by atoms with Crippen LogP contribution in [0.25, 0.3) is 16.7 Å². The second kappa shape index (κ2) is 7.40. The van der Waals surface area contributed by atoms with Crippen LogP contribution in [0.4, 0.5) is 5.69 Å². The molecule has 140 valence electrons. The van der Waals surface area contributed by atoms with Crippen molar-refractivity contribution in [2.24, 2.45) is 0 Å². The molecule has 0 radical (unpaired) electrons. The fourth-order valence-electron chi connectivity index (χ4n) is 2.90. The van der Waals surface area contributed by atoms with E-state index in [4.69, 9.17) is 9.15 Å². The van der Waals surface area contributed by atoms with E-state index in [2.05, 4.69) is 10.4 Å². The lowest BCUT2D eigenvalue weighted by Crippen LogP contribution is -2.15. The third kappa shape index (κ3) is 3.50. The van der Waals surface area contributed by atoms with E-state index in [0.29, 0.717) is 29.0 Å². The van der Waals surface area contributed by atoms with E-state index in [1.807, 2.05) is 31.3 Å². The summed E-state index contributed by atoms with van der Waals surface area (Å²) in [5.41, 5.74) is 1.42. The summed E-state index contributed by atoms with van der Waals surface area (Å²) in [7, 11) is 0. The Balaban J connectivity index is 1.62. The van der Waals surface area contributed by atoms with Crippen molar-refractivity contribution in [2.45, 2.75) is 6.92 Å². The van der Waals surface area contributed by atoms with Gasteiger partial charge in [-0.2, -0.15) is 5.10 Å². The number of nitrogens with zero attached hydrogens (tertiary/aromatic N) is 2. The zero-order valence-electron chi connectivity index (χ0n) is 15.1. The van der Waals surface area contributed by atoms with Crippen molar-refractivity contribution in [2.75, 3.05) is 11.9 Å². The molecule has 1 N–H and O–H groups in total. The molecule has 2 aromatic heterocycles. The van der Waals surface area contributed by atoms with E-state index >= 15 is 0 Å². The standard InChI is InChI=1S/C21H17N3O4/c1-2-27-16-8-9-17-18(13-20(25)28-19(17)12-16)21(26)23-14-4-6-15(7-5-14)24-11-3-10-22-24/h3-13H,2H2,1H3,(H,23,26). The van der Waals surface area contributed by atoms with Crippen LogP contribution in [0.3, 0.4) is 0 Å². The third-order valence-corrected chi connectivity index (χ3v) is 4.17. The normalized spacial score (nSPS) is 10.8. The zero-order chi connectivity index (χ0) is 19.5. The Morgan fingerprint density at radius 3 is 2.71 bits per heavy atom. The van der Waals surface area contributed by atoms with E-state index in [-0.39, 0.29) is 5.56 Å². The summed E-state index contributed by atoms with van der Waals surface area (Å²) in [6.45, 7) is 2.35. The molecule has 0 fully saturated rings. The molecule has 0 saturated heterocycles. The summed E-state index contributed by atoms with van der Waals surface area (Å²) < 4.78 is 12.4. The van der Waals surface area contributed by atoms with Gasteiger partial charge in [-0.15, -0.1) is 0 Å². The monoisotopic (exact) mass is 375 g/mol. The van der Waals surface area contributed by atoms with Crippen LogP contribution in [0.2, 0.25) is 0 Å². The number of hydrogen-bond donors (Lipinski definition) is 1. The number of anilines is 1. The fraction of sp³-hybridized carbons (Fsp3) is 0.0952. The van der Waals surface area contributed by atoms with E-state index in [1.165, 1.54) is 6.07 Å². The zero-order valence-corrected chi connectivity index (χ0v) is 15.1. The highest BCUT2D eigenvalue weighted by Crippen LogP contribution is 2.23. The molecular weight excluding hydrogens is 358 g/mol. The Morgan fingerprint density at radius 1 is 1.18 bits per heavy atom. The van der Waals surface area contributed by atoms with Crippen LogP contribution in [0, 0.1) is 0 Å². The van der Waals surface area contributed by atoms with Crippen LogP contribution in [0.1, 0.15) is 17.3 Å². The average Bonchev–Trinajstić information content (AvgIpc) is 3.22. The minimum Gasteiger partial charge on any atom is -0.494 e. The predicted molar refractivity (Wildman–Crippen MR) is 105 cm³/mol. The minimum atomic E-state index is -0.597. The van der Waals surface area contributed by atoms with Crippen LogP contribution in [-0.4, -0.2) is 22.3 Å². The van der Waals surface area contributed by atoms with E-state index in [9.17, 15) is 9.59 Å². The third-order valence-electron chi connectivity index (χ3n) is 4.17. The van der Waals surface area contributed by atoms with E-state index in [0.717, 1.165) is 5.69 Å². The number of amides is 1. The SMILES string of the molecule is CCOc1ccc2c(C(=O)Nc3ccc(-n4cccn4)cc3)cc(=O)oc2c1. The molecule has 2 aromatic carbocycles. The van der Waals surface area contributed by atoms with Gasteiger partial charge in [-0.1, -0.05) is 0 Å². The highest BCUT2D eigenvalue weighted by Gasteiger charge is 2.14. The molecule has 0 aliphatic heterocycles. The summed E-state index contributed by atoms with van der Waals surface area (Å²) in [5.74, 6) is 0.179. The molecule has 7 nitrogen and oxygen atoms in total. The van der Waals surface area contributed by atoms with Crippen molar-refractivity contribution >= 4 is 22.6 Å². The largest absolute Gasteiger partial charge is 0.494 e. The first-order valence-corrected chi connectivity index (χ1v) is 8.76. The number of rotatable bonds is 5. The predicted octanol–water partition coefficient (Wildman–Crippen LogP) is 3.63. The van der Waals surface area contributed by atoms with Gasteiger partial charge in [0.2, 0.25) is 0 Å². The summed E-state index contributed by atoms with van der Waals surface area (Å²) in [6.07, 6.45) is 3.53. The van der Waals surface area contributed by atoms with Gasteiger partial charge < -0.3 is 14.5 Å². The first kappa shape index (κ1) is 17.5. The number of aromatic nitrogens is 2. The quantitative estimate of drug-likeness (QED) is 0.538. The summed E-state index contributed by atoms with van der Waals surface area (Å²) >= 11 is 0. The Labute approximate surface area is 160 Å². The Bertz CT molecular complexity index is 1180. The smallest absolute Gasteiger partial charge is 0.337 e. The molecule has 0 bridgehead atoms. The van der Waals surface area contributed by atoms with Crippen molar-refractivity contribution in [3.05, 3.63) is 83.0 Å². The lowest BCUT2D eigenvalue weighted by Gasteiger charge is -2.09. The van der Waals surface area contributed by atoms with Crippen LogP contribution >= 0.6 is 0 Å². The number of carbonyl (C=O) groups is 1. The van der Waals surface area contributed by atoms with Gasteiger partial charge in [-0.3, -0.25) is 4.79 Å². The topological polar surface area (TPSA) is 86.4 Å². The Hall–Kier alpha value is -3.87. The fourth-order valence-corrected chi connectivity index (χ4v) is 2.90. The lowest BCUT2D eigenvalue weighted by atomic mass is 10.1. The number of hydrogen-bond acceptors (Lipinski definition) is 5. The van der Waals surface area contributed by atoms with Crippen LogP contribution in [0.5, 0.6) is 5.75 Å². The van der Waals surface area contributed by atoms with Crippen molar-refractivity contribution < 1.29 is 13.9 Å². The molecule has 7 heteroatoms. The van der Waals surface area contributed by atoms with Gasteiger partial charge in [0.25, 0.3) is 5.91 Å². The molecule has 0 aliphatic rings. The Kier molecular flexibility index (Phi) is 4.63. The summed E-state index contributed by atoms with van der Waals surface area (Å²) in [5, 5.41) is 7.51. The first-order chi connectivity index (χ1) is 13.6. The van der Waals surface area contributed by atoms with Crippen molar-refractivity contribution in [1.82, 2.24) is 9.78 Å². The molecule has 0 atom stereocenters. The molecule has 4 aromatic rings. The second-order valence-corrected chi connectivity index (χ2v) is 6.02. The Morgan fingerprint density at radius 2 is 2.00 bits per heavy atom. The summed E-state index contributed by atoms with van der Waals surface area (Å²) in [6, 6.07) is 15.3. The minimum absolute atomic E-state index is 0.241. The van der Waals surface area contributed by atoms with Crippen LogP contribution in [0.15, 0.2) is 76.2 Å². The molecule has 28 heavy (non-hydrogen) atoms. The maximum atomic E-state index is 12.8.